The number of nitrogens with one attached hydrogen (secondary N) is 1. The van der Waals surface area contributed by atoms with E-state index in [1.54, 1.807) is 31.2 Å². The van der Waals surface area contributed by atoms with Gasteiger partial charge in [-0.25, -0.2) is 0 Å². The fourth-order valence-electron chi connectivity index (χ4n) is 1.81. The Balaban J connectivity index is 2.65. The molecule has 1 N–H and O–H groups in total. The van der Waals surface area contributed by atoms with Crippen molar-refractivity contribution in [1.82, 2.24) is 5.32 Å². The summed E-state index contributed by atoms with van der Waals surface area (Å²) >= 11 is 0. The third-order valence-corrected chi connectivity index (χ3v) is 2.59. The molecule has 0 spiro atoms. The zero-order chi connectivity index (χ0) is 13.8. The summed E-state index contributed by atoms with van der Waals surface area (Å²) in [5, 5.41) is 11.6. The van der Waals surface area contributed by atoms with E-state index in [0.29, 0.717) is 5.56 Å². The van der Waals surface area contributed by atoms with E-state index in [2.05, 4.69) is 5.32 Å². The number of hydrogen-bond donors (Lipinski definition) is 1. The molecule has 0 saturated carbocycles. The molecule has 98 valence electrons. The Labute approximate surface area is 104 Å². The zero-order valence-electron chi connectivity index (χ0n) is 10.3. The molecular weight excluding hydrogens is 241 g/mol. The lowest BCUT2D eigenvalue weighted by Crippen LogP contribution is -2.33. The van der Waals surface area contributed by atoms with Crippen molar-refractivity contribution in [3.63, 3.8) is 0 Å². The average Bonchev–Trinajstić information content (AvgIpc) is 2.26. The van der Waals surface area contributed by atoms with E-state index in [-0.39, 0.29) is 6.04 Å². The van der Waals surface area contributed by atoms with Gasteiger partial charge in [-0.15, -0.1) is 0 Å². The van der Waals surface area contributed by atoms with Crippen LogP contribution < -0.4 is 5.32 Å². The van der Waals surface area contributed by atoms with E-state index >= 15 is 0 Å². The van der Waals surface area contributed by atoms with Crippen LogP contribution in [0.15, 0.2) is 24.3 Å². The highest BCUT2D eigenvalue weighted by Gasteiger charge is 2.30. The molecule has 2 unspecified atom stereocenters. The van der Waals surface area contributed by atoms with Gasteiger partial charge in [0, 0.05) is 12.1 Å². The number of rotatable bonds is 4. The minimum atomic E-state index is -4.17. The number of alkyl halides is 3. The van der Waals surface area contributed by atoms with Crippen molar-refractivity contribution in [3.8, 4) is 6.07 Å². The molecule has 2 nitrogen and oxygen atoms in total. The highest BCUT2D eigenvalue weighted by molar-refractivity contribution is 5.34. The lowest BCUT2D eigenvalue weighted by Gasteiger charge is -2.21. The lowest BCUT2D eigenvalue weighted by molar-refractivity contribution is -0.139. The van der Waals surface area contributed by atoms with Crippen molar-refractivity contribution < 1.29 is 13.2 Å². The first-order valence-corrected chi connectivity index (χ1v) is 5.64. The summed E-state index contributed by atoms with van der Waals surface area (Å²) in [6.45, 7) is 3.28. The van der Waals surface area contributed by atoms with Crippen LogP contribution in [0.1, 0.15) is 37.4 Å². The summed E-state index contributed by atoms with van der Waals surface area (Å²) in [5.41, 5.74) is 1.31. The Morgan fingerprint density at radius 2 is 2.00 bits per heavy atom. The monoisotopic (exact) mass is 256 g/mol. The molecule has 0 bridgehead atoms. The second-order valence-electron chi connectivity index (χ2n) is 4.35. The van der Waals surface area contributed by atoms with Crippen LogP contribution in [-0.4, -0.2) is 12.2 Å². The van der Waals surface area contributed by atoms with Gasteiger partial charge in [-0.2, -0.15) is 18.4 Å². The zero-order valence-corrected chi connectivity index (χ0v) is 10.3. The number of nitriles is 1. The molecule has 1 rings (SSSR count). The van der Waals surface area contributed by atoms with Gasteiger partial charge < -0.3 is 5.32 Å². The van der Waals surface area contributed by atoms with Crippen LogP contribution in [0, 0.1) is 11.3 Å². The van der Waals surface area contributed by atoms with Gasteiger partial charge in [0.1, 0.15) is 0 Å². The third kappa shape index (κ3) is 4.76. The van der Waals surface area contributed by atoms with Crippen LogP contribution >= 0.6 is 0 Å². The van der Waals surface area contributed by atoms with Crippen molar-refractivity contribution in [3.05, 3.63) is 35.4 Å². The van der Waals surface area contributed by atoms with Gasteiger partial charge >= 0.3 is 6.18 Å². The van der Waals surface area contributed by atoms with Crippen LogP contribution in [0.2, 0.25) is 0 Å². The normalized spacial score (nSPS) is 14.9. The van der Waals surface area contributed by atoms with Crippen molar-refractivity contribution in [1.29, 1.82) is 5.26 Å². The summed E-state index contributed by atoms with van der Waals surface area (Å²) in [6, 6.07) is 7.97. The first-order valence-electron chi connectivity index (χ1n) is 5.64. The maximum absolute atomic E-state index is 12.2. The van der Waals surface area contributed by atoms with Crippen molar-refractivity contribution in [2.45, 2.75) is 38.5 Å². The van der Waals surface area contributed by atoms with Gasteiger partial charge in [0.2, 0.25) is 0 Å². The molecule has 1 aromatic rings. The summed E-state index contributed by atoms with van der Waals surface area (Å²) in [6.07, 6.45) is -5.03. The van der Waals surface area contributed by atoms with Crippen LogP contribution in [0.3, 0.4) is 0 Å². The SMILES string of the molecule is CC(CC(F)(F)F)NC(C)c1cccc(C#N)c1. The largest absolute Gasteiger partial charge is 0.390 e. The maximum Gasteiger partial charge on any atom is 0.390 e. The lowest BCUT2D eigenvalue weighted by atomic mass is 10.0. The molecule has 1 aromatic carbocycles. The predicted molar refractivity (Wildman–Crippen MR) is 62.8 cm³/mol. The smallest absolute Gasteiger partial charge is 0.307 e. The van der Waals surface area contributed by atoms with Crippen molar-refractivity contribution in [2.75, 3.05) is 0 Å². The van der Waals surface area contributed by atoms with Crippen LogP contribution in [0.5, 0.6) is 0 Å². The summed E-state index contributed by atoms with van der Waals surface area (Å²) in [5.74, 6) is 0. The highest BCUT2D eigenvalue weighted by Crippen LogP contribution is 2.23. The topological polar surface area (TPSA) is 35.8 Å². The van der Waals surface area contributed by atoms with Crippen LogP contribution in [0.25, 0.3) is 0 Å². The second kappa shape index (κ2) is 5.87. The van der Waals surface area contributed by atoms with Gasteiger partial charge in [0.05, 0.1) is 18.1 Å². The summed E-state index contributed by atoms with van der Waals surface area (Å²) in [7, 11) is 0. The number of halogens is 3. The van der Waals surface area contributed by atoms with Crippen molar-refractivity contribution in [2.24, 2.45) is 0 Å². The van der Waals surface area contributed by atoms with Crippen LogP contribution in [-0.2, 0) is 0 Å². The fourth-order valence-corrected chi connectivity index (χ4v) is 1.81. The second-order valence-corrected chi connectivity index (χ2v) is 4.35. The maximum atomic E-state index is 12.2. The summed E-state index contributed by atoms with van der Waals surface area (Å²) < 4.78 is 36.6. The van der Waals surface area contributed by atoms with E-state index < -0.39 is 18.6 Å². The van der Waals surface area contributed by atoms with Gasteiger partial charge in [-0.1, -0.05) is 12.1 Å². The third-order valence-electron chi connectivity index (χ3n) is 2.59. The minimum absolute atomic E-state index is 0.226. The Hall–Kier alpha value is -1.54. The molecule has 18 heavy (non-hydrogen) atoms. The van der Waals surface area contributed by atoms with E-state index in [1.165, 1.54) is 6.92 Å². The fraction of sp³-hybridized carbons (Fsp3) is 0.462. The summed E-state index contributed by atoms with van der Waals surface area (Å²) in [4.78, 5) is 0. The molecule has 0 aliphatic heterocycles. The number of nitrogens with zero attached hydrogens (tertiary/aromatic N) is 1. The molecule has 0 aromatic heterocycles. The van der Waals surface area contributed by atoms with Gasteiger partial charge in [-0.05, 0) is 31.5 Å². The molecule has 0 aliphatic carbocycles. The molecule has 0 aliphatic rings. The van der Waals surface area contributed by atoms with Crippen molar-refractivity contribution >= 4 is 0 Å². The average molecular weight is 256 g/mol. The molecule has 2 atom stereocenters. The molecular formula is C13H15F3N2. The molecule has 0 amide bonds. The molecule has 0 radical (unpaired) electrons. The number of benzene rings is 1. The molecule has 0 saturated heterocycles. The van der Waals surface area contributed by atoms with E-state index in [9.17, 15) is 13.2 Å². The number of hydrogen-bond acceptors (Lipinski definition) is 2. The Bertz CT molecular complexity index is 435. The standard InChI is InChI=1S/C13H15F3N2/c1-9(7-13(14,15)16)18-10(2)12-5-3-4-11(6-12)8-17/h3-6,9-10,18H,7H2,1-2H3. The molecule has 0 heterocycles. The Morgan fingerprint density at radius 3 is 2.56 bits per heavy atom. The molecule has 0 fully saturated rings. The van der Waals surface area contributed by atoms with Gasteiger partial charge in [0.25, 0.3) is 0 Å². The first kappa shape index (κ1) is 14.5. The quantitative estimate of drug-likeness (QED) is 0.894. The van der Waals surface area contributed by atoms with E-state index in [1.807, 2.05) is 6.07 Å². The minimum Gasteiger partial charge on any atom is -0.307 e. The van der Waals surface area contributed by atoms with Crippen LogP contribution in [0.4, 0.5) is 13.2 Å². The van der Waals surface area contributed by atoms with E-state index in [0.717, 1.165) is 5.56 Å². The van der Waals surface area contributed by atoms with Gasteiger partial charge in [0.15, 0.2) is 0 Å². The first-order chi connectivity index (χ1) is 8.31. The van der Waals surface area contributed by atoms with E-state index in [4.69, 9.17) is 5.26 Å². The Morgan fingerprint density at radius 1 is 1.33 bits per heavy atom. The Kier molecular flexibility index (Phi) is 4.74. The predicted octanol–water partition coefficient (Wildman–Crippen LogP) is 3.55. The highest BCUT2D eigenvalue weighted by atomic mass is 19.4. The van der Waals surface area contributed by atoms with Gasteiger partial charge in [-0.3, -0.25) is 0 Å². The molecule has 5 heteroatoms.